The van der Waals surface area contributed by atoms with E-state index in [9.17, 15) is 4.79 Å². The molecule has 2 aliphatic carbocycles. The van der Waals surface area contributed by atoms with Crippen molar-refractivity contribution in [2.45, 2.75) is 84.3 Å². The van der Waals surface area contributed by atoms with Gasteiger partial charge in [0.2, 0.25) is 5.91 Å². The Hall–Kier alpha value is -0.570. The molecule has 0 aromatic rings. The molecule has 128 valence electrons. The van der Waals surface area contributed by atoms with E-state index in [2.05, 4.69) is 26.1 Å². The third-order valence-corrected chi connectivity index (χ3v) is 6.09. The van der Waals surface area contributed by atoms with Crippen LogP contribution in [0.1, 0.15) is 72.1 Å². The smallest absolute Gasteiger partial charge is 0.226 e. The maximum absolute atomic E-state index is 13.0. The molecule has 1 N–H and O–H groups in total. The average Bonchev–Trinajstić information content (AvgIpc) is 2.51. The number of hydrogen-bond acceptors (Lipinski definition) is 2. The number of amides is 1. The molecule has 0 aliphatic heterocycles. The minimum absolute atomic E-state index is 0.0443. The Morgan fingerprint density at radius 2 is 1.82 bits per heavy atom. The first kappa shape index (κ1) is 17.8. The van der Waals surface area contributed by atoms with Gasteiger partial charge < -0.3 is 10.1 Å². The van der Waals surface area contributed by atoms with Crippen LogP contribution < -0.4 is 5.32 Å². The summed E-state index contributed by atoms with van der Waals surface area (Å²) in [5, 5.41) is 3.39. The zero-order chi connectivity index (χ0) is 16.1. The molecule has 0 radical (unpaired) electrons. The van der Waals surface area contributed by atoms with E-state index in [1.54, 1.807) is 7.11 Å². The number of ether oxygens (including phenoxy) is 1. The number of rotatable bonds is 5. The van der Waals surface area contributed by atoms with Crippen molar-refractivity contribution in [3.8, 4) is 0 Å². The Morgan fingerprint density at radius 1 is 1.09 bits per heavy atom. The number of carbonyl (C=O) groups is 1. The lowest BCUT2D eigenvalue weighted by Crippen LogP contribution is -2.52. The van der Waals surface area contributed by atoms with Crippen LogP contribution in [0.5, 0.6) is 0 Å². The van der Waals surface area contributed by atoms with Crippen LogP contribution in [0.25, 0.3) is 0 Å². The van der Waals surface area contributed by atoms with Crippen molar-refractivity contribution >= 4 is 5.91 Å². The third-order valence-electron chi connectivity index (χ3n) is 6.09. The Balaban J connectivity index is 2.07. The predicted molar refractivity (Wildman–Crippen MR) is 90.6 cm³/mol. The summed E-state index contributed by atoms with van der Waals surface area (Å²) < 4.78 is 5.77. The van der Waals surface area contributed by atoms with Gasteiger partial charge in [0.15, 0.2) is 0 Å². The summed E-state index contributed by atoms with van der Waals surface area (Å²) in [6, 6.07) is 0.373. The zero-order valence-corrected chi connectivity index (χ0v) is 14.9. The molecule has 0 aromatic heterocycles. The SMILES string of the molecule is CCCC1CCC(C)C(OC)C1C(=O)NC1CCCCC1C. The first-order chi connectivity index (χ1) is 10.6. The highest BCUT2D eigenvalue weighted by Crippen LogP contribution is 2.38. The van der Waals surface area contributed by atoms with Gasteiger partial charge in [-0.05, 0) is 49.9 Å². The second-order valence-corrected chi connectivity index (χ2v) is 7.71. The maximum atomic E-state index is 13.0. The fourth-order valence-corrected chi connectivity index (χ4v) is 4.69. The van der Waals surface area contributed by atoms with Gasteiger partial charge in [-0.2, -0.15) is 0 Å². The van der Waals surface area contributed by atoms with Crippen LogP contribution in [0, 0.1) is 23.7 Å². The molecule has 0 aromatic carbocycles. The minimum Gasteiger partial charge on any atom is -0.380 e. The molecule has 22 heavy (non-hydrogen) atoms. The van der Waals surface area contributed by atoms with E-state index in [1.807, 2.05) is 0 Å². The third kappa shape index (κ3) is 4.04. The van der Waals surface area contributed by atoms with Crippen molar-refractivity contribution < 1.29 is 9.53 Å². The van der Waals surface area contributed by atoms with Gasteiger partial charge in [0, 0.05) is 13.2 Å². The summed E-state index contributed by atoms with van der Waals surface area (Å²) in [5.74, 6) is 1.89. The van der Waals surface area contributed by atoms with Crippen molar-refractivity contribution in [2.24, 2.45) is 23.7 Å². The molecular formula is C19H35NO2. The molecule has 1 amide bonds. The van der Waals surface area contributed by atoms with E-state index in [-0.39, 0.29) is 17.9 Å². The van der Waals surface area contributed by atoms with Crippen LogP contribution in [-0.2, 0) is 9.53 Å². The van der Waals surface area contributed by atoms with Gasteiger partial charge in [-0.1, -0.05) is 40.0 Å². The van der Waals surface area contributed by atoms with E-state index in [0.29, 0.717) is 23.8 Å². The van der Waals surface area contributed by atoms with Crippen molar-refractivity contribution in [1.29, 1.82) is 0 Å². The number of hydrogen-bond donors (Lipinski definition) is 1. The van der Waals surface area contributed by atoms with Gasteiger partial charge in [-0.25, -0.2) is 0 Å². The summed E-state index contributed by atoms with van der Waals surface area (Å²) in [7, 11) is 1.78. The molecular weight excluding hydrogens is 274 g/mol. The Kier molecular flexibility index (Phi) is 6.73. The van der Waals surface area contributed by atoms with Crippen LogP contribution in [0.15, 0.2) is 0 Å². The Bertz CT molecular complexity index is 357. The fraction of sp³-hybridized carbons (Fsp3) is 0.947. The van der Waals surface area contributed by atoms with Crippen LogP contribution in [0.4, 0.5) is 0 Å². The molecule has 0 spiro atoms. The predicted octanol–water partition coefficient (Wildman–Crippen LogP) is 4.16. The molecule has 3 heteroatoms. The zero-order valence-electron chi connectivity index (χ0n) is 14.9. The van der Waals surface area contributed by atoms with Gasteiger partial charge in [-0.15, -0.1) is 0 Å². The second kappa shape index (κ2) is 8.33. The van der Waals surface area contributed by atoms with E-state index >= 15 is 0 Å². The van der Waals surface area contributed by atoms with E-state index < -0.39 is 0 Å². The summed E-state index contributed by atoms with van der Waals surface area (Å²) >= 11 is 0. The second-order valence-electron chi connectivity index (χ2n) is 7.71. The highest BCUT2D eigenvalue weighted by atomic mass is 16.5. The lowest BCUT2D eigenvalue weighted by atomic mass is 9.70. The molecule has 3 nitrogen and oxygen atoms in total. The molecule has 2 saturated carbocycles. The van der Waals surface area contributed by atoms with Gasteiger partial charge >= 0.3 is 0 Å². The number of carbonyl (C=O) groups excluding carboxylic acids is 1. The highest BCUT2D eigenvalue weighted by molar-refractivity contribution is 5.80. The van der Waals surface area contributed by atoms with Crippen LogP contribution in [0.3, 0.4) is 0 Å². The molecule has 0 bridgehead atoms. The van der Waals surface area contributed by atoms with Gasteiger partial charge in [-0.3, -0.25) is 4.79 Å². The van der Waals surface area contributed by atoms with E-state index in [4.69, 9.17) is 4.74 Å². The number of methoxy groups -OCH3 is 1. The normalized spacial score (nSPS) is 39.5. The lowest BCUT2D eigenvalue weighted by Gasteiger charge is -2.41. The lowest BCUT2D eigenvalue weighted by molar-refractivity contribution is -0.139. The molecule has 0 heterocycles. The largest absolute Gasteiger partial charge is 0.380 e. The molecule has 2 aliphatic rings. The van der Waals surface area contributed by atoms with E-state index in [0.717, 1.165) is 19.3 Å². The molecule has 0 saturated heterocycles. The van der Waals surface area contributed by atoms with Gasteiger partial charge in [0.1, 0.15) is 0 Å². The van der Waals surface area contributed by atoms with Crippen molar-refractivity contribution in [3.05, 3.63) is 0 Å². The van der Waals surface area contributed by atoms with Crippen LogP contribution >= 0.6 is 0 Å². The maximum Gasteiger partial charge on any atom is 0.226 e. The molecule has 2 rings (SSSR count). The first-order valence-electron chi connectivity index (χ1n) is 9.41. The topological polar surface area (TPSA) is 38.3 Å². The molecule has 2 fully saturated rings. The Morgan fingerprint density at radius 3 is 2.45 bits per heavy atom. The summed E-state index contributed by atoms with van der Waals surface area (Å²) in [6.07, 6.45) is 9.70. The summed E-state index contributed by atoms with van der Waals surface area (Å²) in [5.41, 5.74) is 0. The highest BCUT2D eigenvalue weighted by Gasteiger charge is 2.42. The minimum atomic E-state index is 0.0443. The quantitative estimate of drug-likeness (QED) is 0.828. The summed E-state index contributed by atoms with van der Waals surface area (Å²) in [4.78, 5) is 13.0. The van der Waals surface area contributed by atoms with E-state index in [1.165, 1.54) is 32.1 Å². The first-order valence-corrected chi connectivity index (χ1v) is 9.41. The number of nitrogens with one attached hydrogen (secondary N) is 1. The molecule has 6 unspecified atom stereocenters. The van der Waals surface area contributed by atoms with Crippen molar-refractivity contribution in [1.82, 2.24) is 5.32 Å². The van der Waals surface area contributed by atoms with Gasteiger partial charge in [0.05, 0.1) is 12.0 Å². The average molecular weight is 309 g/mol. The molecule has 6 atom stereocenters. The summed E-state index contributed by atoms with van der Waals surface area (Å²) in [6.45, 7) is 6.74. The van der Waals surface area contributed by atoms with Crippen LogP contribution in [0.2, 0.25) is 0 Å². The fourth-order valence-electron chi connectivity index (χ4n) is 4.69. The van der Waals surface area contributed by atoms with Crippen molar-refractivity contribution in [2.75, 3.05) is 7.11 Å². The van der Waals surface area contributed by atoms with Gasteiger partial charge in [0.25, 0.3) is 0 Å². The van der Waals surface area contributed by atoms with Crippen molar-refractivity contribution in [3.63, 3.8) is 0 Å². The van der Waals surface area contributed by atoms with Crippen LogP contribution in [-0.4, -0.2) is 25.2 Å². The Labute approximate surface area is 136 Å². The standard InChI is InChI=1S/C19H35NO2/c1-5-8-15-12-11-14(3)18(22-4)17(15)19(21)20-16-10-7-6-9-13(16)2/h13-18H,5-12H2,1-4H3,(H,20,21). The monoisotopic (exact) mass is 309 g/mol.